The predicted molar refractivity (Wildman–Crippen MR) is 129 cm³/mol. The van der Waals surface area contributed by atoms with E-state index < -0.39 is 11.8 Å². The number of hydrogen-bond donors (Lipinski definition) is 3. The third-order valence-corrected chi connectivity index (χ3v) is 7.29. The van der Waals surface area contributed by atoms with E-state index in [1.165, 1.54) is 6.20 Å². The van der Waals surface area contributed by atoms with Crippen molar-refractivity contribution in [3.8, 4) is 11.1 Å². The maximum Gasteiger partial charge on any atom is 0.255 e. The van der Waals surface area contributed by atoms with Crippen molar-refractivity contribution in [2.75, 3.05) is 11.9 Å². The van der Waals surface area contributed by atoms with Crippen molar-refractivity contribution < 1.29 is 22.4 Å². The van der Waals surface area contributed by atoms with Crippen molar-refractivity contribution in [2.24, 2.45) is 5.92 Å². The number of amides is 1. The lowest BCUT2D eigenvalue weighted by molar-refractivity contribution is -0.108. The topological polar surface area (TPSA) is 100 Å². The standard InChI is InChI=1S/C25H25F4N7O/c26-24(27)4-1-16(2-5-24)34-23-32-12-18-17(11-30-21(18)35-23)15-3-6-36-20(7-15)19(13-33-36)22(37)31-10-14-8-25(28,29)9-14/h3,6-7,11-14,16H,1-2,4-5,8-10H2,(H,31,37)(H2,30,32,34,35). The second kappa shape index (κ2) is 8.70. The highest BCUT2D eigenvalue weighted by atomic mass is 19.3. The molecule has 0 atom stereocenters. The summed E-state index contributed by atoms with van der Waals surface area (Å²) in [7, 11) is 0. The minimum absolute atomic E-state index is 0.0962. The molecule has 4 heterocycles. The molecule has 0 radical (unpaired) electrons. The molecule has 0 aromatic carbocycles. The average Bonchev–Trinajstić information content (AvgIpc) is 3.46. The van der Waals surface area contributed by atoms with Gasteiger partial charge in [0.15, 0.2) is 0 Å². The van der Waals surface area contributed by atoms with E-state index in [0.717, 1.165) is 16.5 Å². The predicted octanol–water partition coefficient (Wildman–Crippen LogP) is 5.04. The Labute approximate surface area is 208 Å². The maximum absolute atomic E-state index is 13.4. The number of nitrogens with one attached hydrogen (secondary N) is 3. The van der Waals surface area contributed by atoms with Crippen LogP contribution in [0.4, 0.5) is 23.5 Å². The van der Waals surface area contributed by atoms with Crippen LogP contribution in [0.3, 0.4) is 0 Å². The number of hydrogen-bond acceptors (Lipinski definition) is 5. The quantitative estimate of drug-likeness (QED) is 0.313. The Bertz CT molecular complexity index is 1460. The van der Waals surface area contributed by atoms with Gasteiger partial charge in [-0.05, 0) is 36.5 Å². The number of fused-ring (bicyclic) bond motifs is 2. The number of alkyl halides is 4. The number of carbonyl (C=O) groups is 1. The number of aromatic nitrogens is 5. The molecule has 0 aliphatic heterocycles. The summed E-state index contributed by atoms with van der Waals surface area (Å²) in [5, 5.41) is 10.9. The van der Waals surface area contributed by atoms with Crippen molar-refractivity contribution in [2.45, 2.75) is 56.4 Å². The number of pyridine rings is 1. The van der Waals surface area contributed by atoms with Gasteiger partial charge in [-0.1, -0.05) is 0 Å². The first-order chi connectivity index (χ1) is 17.7. The molecule has 2 aliphatic rings. The lowest BCUT2D eigenvalue weighted by Gasteiger charge is -2.34. The zero-order chi connectivity index (χ0) is 25.8. The second-order valence-corrected chi connectivity index (χ2v) is 10.1. The lowest BCUT2D eigenvalue weighted by Crippen LogP contribution is -2.42. The fraction of sp³-hybridized carbons (Fsp3) is 0.440. The van der Waals surface area contributed by atoms with Crippen molar-refractivity contribution in [1.82, 2.24) is 29.9 Å². The van der Waals surface area contributed by atoms with Gasteiger partial charge in [-0.2, -0.15) is 10.1 Å². The smallest absolute Gasteiger partial charge is 0.255 e. The van der Waals surface area contributed by atoms with Crippen LogP contribution in [-0.2, 0) is 0 Å². The largest absolute Gasteiger partial charge is 0.352 e. The van der Waals surface area contributed by atoms with Crippen LogP contribution < -0.4 is 10.6 Å². The summed E-state index contributed by atoms with van der Waals surface area (Å²) in [4.78, 5) is 24.8. The number of rotatable bonds is 6. The zero-order valence-corrected chi connectivity index (χ0v) is 19.8. The van der Waals surface area contributed by atoms with E-state index in [2.05, 4.69) is 30.7 Å². The first-order valence-electron chi connectivity index (χ1n) is 12.3. The summed E-state index contributed by atoms with van der Waals surface area (Å²) in [5.41, 5.74) is 3.17. The van der Waals surface area contributed by atoms with Gasteiger partial charge in [0.25, 0.3) is 5.91 Å². The summed E-state index contributed by atoms with van der Waals surface area (Å²) in [5.74, 6) is -5.42. The Hall–Kier alpha value is -3.70. The Balaban J connectivity index is 1.19. The van der Waals surface area contributed by atoms with Crippen LogP contribution in [0.5, 0.6) is 0 Å². The Morgan fingerprint density at radius 1 is 1.14 bits per heavy atom. The molecule has 0 unspecified atom stereocenters. The minimum atomic E-state index is -2.62. The second-order valence-electron chi connectivity index (χ2n) is 10.1. The number of anilines is 1. The van der Waals surface area contributed by atoms with E-state index in [4.69, 9.17) is 0 Å². The fourth-order valence-electron chi connectivity index (χ4n) is 5.17. The molecule has 3 N–H and O–H groups in total. The van der Waals surface area contributed by atoms with Crippen LogP contribution in [0.25, 0.3) is 27.7 Å². The molecular weight excluding hydrogens is 490 g/mol. The highest BCUT2D eigenvalue weighted by Crippen LogP contribution is 2.42. The van der Waals surface area contributed by atoms with E-state index in [-0.39, 0.29) is 50.1 Å². The van der Waals surface area contributed by atoms with E-state index in [1.807, 2.05) is 12.1 Å². The van der Waals surface area contributed by atoms with Gasteiger partial charge >= 0.3 is 0 Å². The van der Waals surface area contributed by atoms with Crippen LogP contribution in [-0.4, -0.2) is 54.9 Å². The first kappa shape index (κ1) is 23.7. The highest BCUT2D eigenvalue weighted by molar-refractivity contribution is 6.02. The van der Waals surface area contributed by atoms with E-state index in [0.29, 0.717) is 35.5 Å². The molecule has 1 amide bonds. The number of nitrogens with zero attached hydrogens (tertiary/aromatic N) is 4. The minimum Gasteiger partial charge on any atom is -0.352 e. The molecule has 0 spiro atoms. The van der Waals surface area contributed by atoms with Crippen molar-refractivity contribution in [3.05, 3.63) is 42.5 Å². The SMILES string of the molecule is O=C(NCC1CC(F)(F)C1)c1cnn2ccc(-c3c[nH]c4nc(NC5CCC(F)(F)CC5)ncc34)cc12. The van der Waals surface area contributed by atoms with Crippen LogP contribution in [0, 0.1) is 5.92 Å². The van der Waals surface area contributed by atoms with Gasteiger partial charge in [0.1, 0.15) is 5.65 Å². The van der Waals surface area contributed by atoms with E-state index in [9.17, 15) is 22.4 Å². The van der Waals surface area contributed by atoms with Gasteiger partial charge in [-0.3, -0.25) is 4.79 Å². The van der Waals surface area contributed by atoms with Gasteiger partial charge in [-0.15, -0.1) is 0 Å². The van der Waals surface area contributed by atoms with Gasteiger partial charge in [0, 0.05) is 67.8 Å². The van der Waals surface area contributed by atoms with Crippen LogP contribution in [0.1, 0.15) is 48.9 Å². The molecule has 194 valence electrons. The summed E-state index contributed by atoms with van der Waals surface area (Å²) >= 11 is 0. The number of halogens is 4. The zero-order valence-electron chi connectivity index (χ0n) is 19.8. The molecule has 0 saturated heterocycles. The van der Waals surface area contributed by atoms with Crippen molar-refractivity contribution in [1.29, 1.82) is 0 Å². The third kappa shape index (κ3) is 4.72. The highest BCUT2D eigenvalue weighted by Gasteiger charge is 2.45. The molecular formula is C25H25F4N7O. The lowest BCUT2D eigenvalue weighted by atomic mass is 9.81. The number of carbonyl (C=O) groups excluding carboxylic acids is 1. The molecule has 4 aromatic heterocycles. The van der Waals surface area contributed by atoms with Crippen LogP contribution in [0.2, 0.25) is 0 Å². The summed E-state index contributed by atoms with van der Waals surface area (Å²) in [6, 6.07) is 3.59. The molecule has 8 nitrogen and oxygen atoms in total. The Morgan fingerprint density at radius 3 is 2.68 bits per heavy atom. The first-order valence-corrected chi connectivity index (χ1v) is 12.3. The summed E-state index contributed by atoms with van der Waals surface area (Å²) in [6.07, 6.45) is 6.69. The molecule has 2 saturated carbocycles. The molecule has 12 heteroatoms. The molecule has 0 bridgehead atoms. The van der Waals surface area contributed by atoms with Gasteiger partial charge in [0.05, 0.1) is 17.3 Å². The molecule has 2 aliphatic carbocycles. The number of H-pyrrole nitrogens is 1. The van der Waals surface area contributed by atoms with Crippen molar-refractivity contribution >= 4 is 28.4 Å². The van der Waals surface area contributed by atoms with Gasteiger partial charge in [0.2, 0.25) is 17.8 Å². The fourth-order valence-corrected chi connectivity index (χ4v) is 5.17. The molecule has 6 rings (SSSR count). The normalized spacial score (nSPS) is 19.7. The molecule has 4 aromatic rings. The average molecular weight is 516 g/mol. The Morgan fingerprint density at radius 2 is 1.92 bits per heavy atom. The van der Waals surface area contributed by atoms with Gasteiger partial charge < -0.3 is 15.6 Å². The van der Waals surface area contributed by atoms with Gasteiger partial charge in [-0.25, -0.2) is 27.1 Å². The molecule has 37 heavy (non-hydrogen) atoms. The van der Waals surface area contributed by atoms with Crippen molar-refractivity contribution in [3.63, 3.8) is 0 Å². The molecule has 2 fully saturated rings. The maximum atomic E-state index is 13.4. The van der Waals surface area contributed by atoms with Crippen LogP contribution >= 0.6 is 0 Å². The third-order valence-electron chi connectivity index (χ3n) is 7.29. The summed E-state index contributed by atoms with van der Waals surface area (Å²) < 4.78 is 54.6. The van der Waals surface area contributed by atoms with E-state index >= 15 is 0 Å². The van der Waals surface area contributed by atoms with Crippen LogP contribution in [0.15, 0.2) is 36.9 Å². The number of aromatic amines is 1. The summed E-state index contributed by atoms with van der Waals surface area (Å²) in [6.45, 7) is 0.199. The Kier molecular flexibility index (Phi) is 5.57. The monoisotopic (exact) mass is 515 g/mol. The van der Waals surface area contributed by atoms with E-state index in [1.54, 1.807) is 23.1 Å².